The minimum absolute atomic E-state index is 0.0768. The van der Waals surface area contributed by atoms with Gasteiger partial charge in [-0.2, -0.15) is 0 Å². The summed E-state index contributed by atoms with van der Waals surface area (Å²) in [7, 11) is 0. The summed E-state index contributed by atoms with van der Waals surface area (Å²) in [5.41, 5.74) is 0. The summed E-state index contributed by atoms with van der Waals surface area (Å²) in [5, 5.41) is 3.19. The first kappa shape index (κ1) is 16.9. The van der Waals surface area contributed by atoms with E-state index in [0.29, 0.717) is 10.8 Å². The van der Waals surface area contributed by atoms with Gasteiger partial charge >= 0.3 is 5.97 Å². The summed E-state index contributed by atoms with van der Waals surface area (Å²) in [6.45, 7) is 0.552. The van der Waals surface area contributed by atoms with Gasteiger partial charge in [-0.25, -0.2) is 0 Å². The predicted octanol–water partition coefficient (Wildman–Crippen LogP) is 2.68. The lowest BCUT2D eigenvalue weighted by Gasteiger charge is -2.07. The summed E-state index contributed by atoms with van der Waals surface area (Å²) in [5.74, 6) is 0.0733. The van der Waals surface area contributed by atoms with Gasteiger partial charge in [0.2, 0.25) is 0 Å². The zero-order chi connectivity index (χ0) is 16.5. The molecular formula is C16H16ClNO5. The number of amides is 1. The third-order valence-electron chi connectivity index (χ3n) is 2.79. The number of hydrogen-bond acceptors (Lipinski definition) is 5. The van der Waals surface area contributed by atoms with Crippen molar-refractivity contribution < 1.29 is 23.5 Å². The van der Waals surface area contributed by atoms with Gasteiger partial charge in [-0.1, -0.05) is 11.6 Å². The Morgan fingerprint density at radius 1 is 1.13 bits per heavy atom. The second-order valence-corrected chi connectivity index (χ2v) is 4.94. The van der Waals surface area contributed by atoms with Crippen molar-refractivity contribution in [2.45, 2.75) is 6.42 Å². The molecule has 23 heavy (non-hydrogen) atoms. The van der Waals surface area contributed by atoms with Crippen molar-refractivity contribution in [2.24, 2.45) is 0 Å². The summed E-state index contributed by atoms with van der Waals surface area (Å²) in [6, 6.07) is 10.0. The van der Waals surface area contributed by atoms with E-state index in [1.807, 2.05) is 0 Å². The standard InChI is InChI=1S/C16H16ClNO5/c17-12-3-5-13(6-4-12)21-10-11-23-15(19)7-8-18-16(20)14-2-1-9-22-14/h1-6,9H,7-8,10-11H2,(H,18,20). The average molecular weight is 338 g/mol. The van der Waals surface area contributed by atoms with Crippen LogP contribution in [0, 0.1) is 0 Å². The number of nitrogens with one attached hydrogen (secondary N) is 1. The second kappa shape index (κ2) is 8.85. The highest BCUT2D eigenvalue weighted by atomic mass is 35.5. The van der Waals surface area contributed by atoms with E-state index in [1.54, 1.807) is 36.4 Å². The first-order valence-electron chi connectivity index (χ1n) is 7.01. The van der Waals surface area contributed by atoms with Crippen molar-refractivity contribution in [3.63, 3.8) is 0 Å². The highest BCUT2D eigenvalue weighted by Crippen LogP contribution is 2.15. The van der Waals surface area contributed by atoms with Crippen LogP contribution in [0.3, 0.4) is 0 Å². The molecule has 6 nitrogen and oxygen atoms in total. The van der Waals surface area contributed by atoms with E-state index in [2.05, 4.69) is 5.32 Å². The van der Waals surface area contributed by atoms with Crippen LogP contribution < -0.4 is 10.1 Å². The molecule has 0 fully saturated rings. The molecule has 1 amide bonds. The Morgan fingerprint density at radius 2 is 1.91 bits per heavy atom. The summed E-state index contributed by atoms with van der Waals surface area (Å²) >= 11 is 5.76. The summed E-state index contributed by atoms with van der Waals surface area (Å²) in [6.07, 6.45) is 1.48. The van der Waals surface area contributed by atoms with Gasteiger partial charge in [0, 0.05) is 11.6 Å². The molecule has 1 aromatic heterocycles. The van der Waals surface area contributed by atoms with E-state index >= 15 is 0 Å². The molecule has 2 aromatic rings. The lowest BCUT2D eigenvalue weighted by atomic mass is 10.3. The van der Waals surface area contributed by atoms with Crippen LogP contribution in [0.15, 0.2) is 47.1 Å². The fourth-order valence-electron chi connectivity index (χ4n) is 1.69. The lowest BCUT2D eigenvalue weighted by Crippen LogP contribution is -2.26. The molecule has 0 saturated carbocycles. The van der Waals surface area contributed by atoms with E-state index in [9.17, 15) is 9.59 Å². The quantitative estimate of drug-likeness (QED) is 0.592. The van der Waals surface area contributed by atoms with Gasteiger partial charge < -0.3 is 19.2 Å². The molecule has 7 heteroatoms. The van der Waals surface area contributed by atoms with Crippen molar-refractivity contribution in [3.8, 4) is 5.75 Å². The molecule has 1 heterocycles. The van der Waals surface area contributed by atoms with Crippen LogP contribution in [0.4, 0.5) is 0 Å². The van der Waals surface area contributed by atoms with Crippen LogP contribution in [0.1, 0.15) is 17.0 Å². The Balaban J connectivity index is 1.55. The molecule has 0 aliphatic heterocycles. The van der Waals surface area contributed by atoms with Crippen molar-refractivity contribution in [1.29, 1.82) is 0 Å². The van der Waals surface area contributed by atoms with Crippen molar-refractivity contribution >= 4 is 23.5 Å². The van der Waals surface area contributed by atoms with Gasteiger partial charge in [0.15, 0.2) is 5.76 Å². The molecule has 0 radical (unpaired) electrons. The van der Waals surface area contributed by atoms with Gasteiger partial charge in [0.05, 0.1) is 12.7 Å². The Labute approximate surface area is 138 Å². The average Bonchev–Trinajstić information content (AvgIpc) is 3.08. The van der Waals surface area contributed by atoms with Crippen molar-refractivity contribution in [1.82, 2.24) is 5.32 Å². The summed E-state index contributed by atoms with van der Waals surface area (Å²) < 4.78 is 15.3. The van der Waals surface area contributed by atoms with E-state index < -0.39 is 5.97 Å². The Bertz CT molecular complexity index is 624. The van der Waals surface area contributed by atoms with E-state index in [1.165, 1.54) is 6.26 Å². The molecule has 0 atom stereocenters. The fourth-order valence-corrected chi connectivity index (χ4v) is 1.82. The van der Waals surface area contributed by atoms with Gasteiger partial charge in [0.1, 0.15) is 19.0 Å². The van der Waals surface area contributed by atoms with E-state index in [-0.39, 0.29) is 37.8 Å². The Kier molecular flexibility index (Phi) is 6.50. The lowest BCUT2D eigenvalue weighted by molar-refractivity contribution is -0.144. The molecule has 0 bridgehead atoms. The maximum atomic E-state index is 11.5. The third kappa shape index (κ3) is 6.04. The number of benzene rings is 1. The van der Waals surface area contributed by atoms with Gasteiger partial charge in [-0.3, -0.25) is 9.59 Å². The monoisotopic (exact) mass is 337 g/mol. The topological polar surface area (TPSA) is 77.8 Å². The fraction of sp³-hybridized carbons (Fsp3) is 0.250. The number of ether oxygens (including phenoxy) is 2. The van der Waals surface area contributed by atoms with Crippen LogP contribution in [0.25, 0.3) is 0 Å². The minimum Gasteiger partial charge on any atom is -0.490 e. The molecule has 122 valence electrons. The van der Waals surface area contributed by atoms with E-state index in [0.717, 1.165) is 0 Å². The zero-order valence-electron chi connectivity index (χ0n) is 12.3. The van der Waals surface area contributed by atoms with Crippen LogP contribution in [0.2, 0.25) is 5.02 Å². The molecule has 0 saturated heterocycles. The van der Waals surface area contributed by atoms with Crippen molar-refractivity contribution in [3.05, 3.63) is 53.4 Å². The zero-order valence-corrected chi connectivity index (χ0v) is 13.0. The number of hydrogen-bond donors (Lipinski definition) is 1. The van der Waals surface area contributed by atoms with Crippen LogP contribution in [-0.2, 0) is 9.53 Å². The predicted molar refractivity (Wildman–Crippen MR) is 83.6 cm³/mol. The first-order chi connectivity index (χ1) is 11.1. The van der Waals surface area contributed by atoms with Crippen LogP contribution in [0.5, 0.6) is 5.75 Å². The molecule has 2 rings (SSSR count). The molecule has 0 unspecified atom stereocenters. The van der Waals surface area contributed by atoms with Crippen molar-refractivity contribution in [2.75, 3.05) is 19.8 Å². The molecule has 1 N–H and O–H groups in total. The highest BCUT2D eigenvalue weighted by Gasteiger charge is 2.09. The molecular weight excluding hydrogens is 322 g/mol. The maximum absolute atomic E-state index is 11.5. The molecule has 1 aromatic carbocycles. The van der Waals surface area contributed by atoms with Gasteiger partial charge in [-0.05, 0) is 36.4 Å². The van der Waals surface area contributed by atoms with Crippen LogP contribution >= 0.6 is 11.6 Å². The number of carbonyl (C=O) groups excluding carboxylic acids is 2. The third-order valence-corrected chi connectivity index (χ3v) is 3.04. The molecule has 0 spiro atoms. The van der Waals surface area contributed by atoms with Crippen LogP contribution in [-0.4, -0.2) is 31.6 Å². The number of esters is 1. The highest BCUT2D eigenvalue weighted by molar-refractivity contribution is 6.30. The first-order valence-corrected chi connectivity index (χ1v) is 7.38. The number of furan rings is 1. The van der Waals surface area contributed by atoms with Gasteiger partial charge in [-0.15, -0.1) is 0 Å². The maximum Gasteiger partial charge on any atom is 0.307 e. The van der Waals surface area contributed by atoms with E-state index in [4.69, 9.17) is 25.5 Å². The van der Waals surface area contributed by atoms with Gasteiger partial charge in [0.25, 0.3) is 5.91 Å². The SMILES string of the molecule is O=C(CCNC(=O)c1ccco1)OCCOc1ccc(Cl)cc1. The smallest absolute Gasteiger partial charge is 0.307 e. The Hall–Kier alpha value is -2.47. The number of rotatable bonds is 8. The number of carbonyl (C=O) groups is 2. The molecule has 0 aliphatic carbocycles. The largest absolute Gasteiger partial charge is 0.490 e. The second-order valence-electron chi connectivity index (χ2n) is 4.51. The number of halogens is 1. The Morgan fingerprint density at radius 3 is 2.61 bits per heavy atom. The summed E-state index contributed by atoms with van der Waals surface area (Å²) in [4.78, 5) is 23.0. The molecule has 0 aliphatic rings. The minimum atomic E-state index is -0.413. The normalized spacial score (nSPS) is 10.1.